The summed E-state index contributed by atoms with van der Waals surface area (Å²) in [6.45, 7) is 2.36. The molecule has 0 bridgehead atoms. The van der Waals surface area contributed by atoms with Crippen LogP contribution in [0.2, 0.25) is 0 Å². The van der Waals surface area contributed by atoms with Gasteiger partial charge in [0.2, 0.25) is 0 Å². The number of ether oxygens (including phenoxy) is 2. The van der Waals surface area contributed by atoms with E-state index in [4.69, 9.17) is 9.47 Å². The quantitative estimate of drug-likeness (QED) is 0.344. The van der Waals surface area contributed by atoms with Crippen LogP contribution in [0.4, 0.5) is 5.69 Å². The first-order valence-electron chi connectivity index (χ1n) is 6.01. The first-order valence-corrected chi connectivity index (χ1v) is 7.09. The van der Waals surface area contributed by atoms with Crippen molar-refractivity contribution in [1.29, 1.82) is 0 Å². The molecular weight excluding hydrogens is 377 g/mol. The number of non-ortho nitro benzene ring substituents is 1. The largest absolute Gasteiger partial charge is 0.491 e. The number of carbonyl (C=O) groups is 1. The molecule has 0 radical (unpaired) electrons. The summed E-state index contributed by atoms with van der Waals surface area (Å²) < 4.78 is 11.2. The molecule has 0 saturated carbocycles. The predicted octanol–water partition coefficient (Wildman–Crippen LogP) is 2.93. The number of rotatable bonds is 3. The van der Waals surface area contributed by atoms with E-state index in [1.54, 1.807) is 13.0 Å². The minimum atomic E-state index is -0.467. The van der Waals surface area contributed by atoms with Crippen molar-refractivity contribution in [2.24, 2.45) is 0 Å². The fraction of sp³-hybridized carbons (Fsp3) is 0.308. The molecular formula is C13H12INO5. The summed E-state index contributed by atoms with van der Waals surface area (Å²) >= 11 is 1.99. The van der Waals surface area contributed by atoms with Gasteiger partial charge in [-0.05, 0) is 35.6 Å². The topological polar surface area (TPSA) is 78.7 Å². The van der Waals surface area contributed by atoms with Crippen molar-refractivity contribution in [2.75, 3.05) is 13.2 Å². The van der Waals surface area contributed by atoms with Gasteiger partial charge in [-0.1, -0.05) is 0 Å². The molecule has 1 heterocycles. The van der Waals surface area contributed by atoms with Crippen LogP contribution in [-0.2, 0) is 9.53 Å². The second-order valence-electron chi connectivity index (χ2n) is 4.09. The van der Waals surface area contributed by atoms with E-state index in [0.29, 0.717) is 33.5 Å². The van der Waals surface area contributed by atoms with Crippen LogP contribution < -0.4 is 4.74 Å². The third-order valence-corrected chi connectivity index (χ3v) is 3.55. The van der Waals surface area contributed by atoms with Gasteiger partial charge in [0.1, 0.15) is 5.75 Å². The summed E-state index contributed by atoms with van der Waals surface area (Å²) in [5, 5.41) is 10.9. The van der Waals surface area contributed by atoms with Crippen LogP contribution in [0.25, 0.3) is 6.08 Å². The Balaban J connectivity index is 2.48. The highest BCUT2D eigenvalue weighted by molar-refractivity contribution is 14.1. The minimum Gasteiger partial charge on any atom is -0.491 e. The molecule has 7 heteroatoms. The molecule has 0 spiro atoms. The fourth-order valence-electron chi connectivity index (χ4n) is 1.87. The van der Waals surface area contributed by atoms with Gasteiger partial charge < -0.3 is 9.47 Å². The second kappa shape index (κ2) is 6.21. The van der Waals surface area contributed by atoms with E-state index < -0.39 is 10.9 Å². The van der Waals surface area contributed by atoms with Crippen LogP contribution >= 0.6 is 22.6 Å². The summed E-state index contributed by atoms with van der Waals surface area (Å²) in [5.74, 6) is 0.154. The Morgan fingerprint density at radius 1 is 1.55 bits per heavy atom. The molecule has 0 fully saturated rings. The molecule has 0 N–H and O–H groups in total. The SMILES string of the molecule is CCOC(=O)C1=Cc2cc([N+](=O)[O-])cc(I)c2OCC1. The van der Waals surface area contributed by atoms with Gasteiger partial charge in [-0.3, -0.25) is 10.1 Å². The van der Waals surface area contributed by atoms with Crippen molar-refractivity contribution in [3.05, 3.63) is 37.0 Å². The van der Waals surface area contributed by atoms with Crippen molar-refractivity contribution in [1.82, 2.24) is 0 Å². The van der Waals surface area contributed by atoms with Gasteiger partial charge in [0.25, 0.3) is 5.69 Å². The zero-order valence-corrected chi connectivity index (χ0v) is 12.9. The number of nitrogens with zero attached hydrogens (tertiary/aromatic N) is 1. The van der Waals surface area contributed by atoms with Crippen LogP contribution in [0.3, 0.4) is 0 Å². The number of nitro groups is 1. The third-order valence-electron chi connectivity index (χ3n) is 2.75. The predicted molar refractivity (Wildman–Crippen MR) is 80.5 cm³/mol. The highest BCUT2D eigenvalue weighted by atomic mass is 127. The zero-order valence-electron chi connectivity index (χ0n) is 10.7. The van der Waals surface area contributed by atoms with Gasteiger partial charge in [0.05, 0.1) is 21.7 Å². The fourth-order valence-corrected chi connectivity index (χ4v) is 2.66. The first-order chi connectivity index (χ1) is 9.52. The molecule has 1 aromatic carbocycles. The van der Waals surface area contributed by atoms with Crippen LogP contribution in [0, 0.1) is 13.7 Å². The Hall–Kier alpha value is -1.64. The summed E-state index contributed by atoms with van der Waals surface area (Å²) in [4.78, 5) is 22.2. The van der Waals surface area contributed by atoms with E-state index in [1.165, 1.54) is 12.1 Å². The maximum Gasteiger partial charge on any atom is 0.334 e. The molecule has 0 aliphatic carbocycles. The molecule has 0 unspecified atom stereocenters. The number of esters is 1. The number of benzene rings is 1. The van der Waals surface area contributed by atoms with E-state index in [9.17, 15) is 14.9 Å². The number of carbonyl (C=O) groups excluding carboxylic acids is 1. The van der Waals surface area contributed by atoms with E-state index in [2.05, 4.69) is 0 Å². The van der Waals surface area contributed by atoms with Crippen molar-refractivity contribution in [2.45, 2.75) is 13.3 Å². The average molecular weight is 389 g/mol. The van der Waals surface area contributed by atoms with Gasteiger partial charge in [0, 0.05) is 29.7 Å². The maximum absolute atomic E-state index is 11.8. The average Bonchev–Trinajstić information content (AvgIpc) is 2.61. The van der Waals surface area contributed by atoms with Crippen LogP contribution in [0.15, 0.2) is 17.7 Å². The highest BCUT2D eigenvalue weighted by Gasteiger charge is 2.21. The third kappa shape index (κ3) is 3.09. The summed E-state index contributed by atoms with van der Waals surface area (Å²) in [5.41, 5.74) is 0.962. The molecule has 1 aliphatic rings. The van der Waals surface area contributed by atoms with E-state index in [1.807, 2.05) is 22.6 Å². The summed E-state index contributed by atoms with van der Waals surface area (Å²) in [6.07, 6.45) is 2.02. The molecule has 0 atom stereocenters. The molecule has 2 rings (SSSR count). The monoisotopic (exact) mass is 389 g/mol. The van der Waals surface area contributed by atoms with E-state index in [-0.39, 0.29) is 12.3 Å². The number of nitro benzene ring substituents is 1. The molecule has 106 valence electrons. The minimum absolute atomic E-state index is 0.0295. The lowest BCUT2D eigenvalue weighted by atomic mass is 10.1. The second-order valence-corrected chi connectivity index (χ2v) is 5.25. The van der Waals surface area contributed by atoms with Gasteiger partial charge in [-0.15, -0.1) is 0 Å². The number of fused-ring (bicyclic) bond motifs is 1. The van der Waals surface area contributed by atoms with Gasteiger partial charge >= 0.3 is 5.97 Å². The standard InChI is InChI=1S/C13H12INO5/c1-2-19-13(16)8-3-4-20-12-9(5-8)6-10(15(17)18)7-11(12)14/h5-7H,2-4H2,1H3. The van der Waals surface area contributed by atoms with Crippen LogP contribution in [-0.4, -0.2) is 24.1 Å². The Labute approximate surface area is 129 Å². The van der Waals surface area contributed by atoms with Crippen molar-refractivity contribution >= 4 is 40.3 Å². The zero-order chi connectivity index (χ0) is 14.7. The van der Waals surface area contributed by atoms with Gasteiger partial charge in [-0.25, -0.2) is 4.79 Å². The molecule has 0 aromatic heterocycles. The van der Waals surface area contributed by atoms with Gasteiger partial charge in [-0.2, -0.15) is 0 Å². The summed E-state index contributed by atoms with van der Waals surface area (Å²) in [7, 11) is 0. The molecule has 1 aromatic rings. The lowest BCUT2D eigenvalue weighted by Gasteiger charge is -2.08. The normalized spacial score (nSPS) is 13.6. The Bertz CT molecular complexity index is 597. The highest BCUT2D eigenvalue weighted by Crippen LogP contribution is 2.34. The van der Waals surface area contributed by atoms with Crippen molar-refractivity contribution in [3.8, 4) is 5.75 Å². The Kier molecular flexibility index (Phi) is 4.58. The van der Waals surface area contributed by atoms with E-state index in [0.717, 1.165) is 0 Å². The van der Waals surface area contributed by atoms with Crippen LogP contribution in [0.5, 0.6) is 5.75 Å². The summed E-state index contributed by atoms with van der Waals surface area (Å²) in [6, 6.07) is 2.85. The molecule has 6 nitrogen and oxygen atoms in total. The lowest BCUT2D eigenvalue weighted by molar-refractivity contribution is -0.385. The molecule has 1 aliphatic heterocycles. The van der Waals surface area contributed by atoms with Crippen molar-refractivity contribution < 1.29 is 19.2 Å². The van der Waals surface area contributed by atoms with E-state index >= 15 is 0 Å². The first kappa shape index (κ1) is 14.8. The molecule has 20 heavy (non-hydrogen) atoms. The van der Waals surface area contributed by atoms with Gasteiger partial charge in [0.15, 0.2) is 0 Å². The smallest absolute Gasteiger partial charge is 0.334 e. The Morgan fingerprint density at radius 3 is 2.95 bits per heavy atom. The number of halogens is 1. The number of hydrogen-bond acceptors (Lipinski definition) is 5. The maximum atomic E-state index is 11.8. The number of hydrogen-bond donors (Lipinski definition) is 0. The Morgan fingerprint density at radius 2 is 2.30 bits per heavy atom. The lowest BCUT2D eigenvalue weighted by Crippen LogP contribution is -2.09. The molecule has 0 amide bonds. The van der Waals surface area contributed by atoms with Crippen molar-refractivity contribution in [3.63, 3.8) is 0 Å². The van der Waals surface area contributed by atoms with Crippen LogP contribution in [0.1, 0.15) is 18.9 Å². The molecule has 0 saturated heterocycles.